The standard InChI is InChI=1S/C22H32/c1-14-8-10-22(5)17(12-14)6-7-18-19(22)9-11-21(4)16(3)13-15(2)20(18)21/h16-17H,1,6-13H2,2-5H3. The van der Waals surface area contributed by atoms with Crippen molar-refractivity contribution >= 4 is 0 Å². The van der Waals surface area contributed by atoms with Crippen LogP contribution in [0.25, 0.3) is 0 Å². The van der Waals surface area contributed by atoms with Crippen LogP contribution in [0.4, 0.5) is 0 Å². The van der Waals surface area contributed by atoms with Gasteiger partial charge in [-0.2, -0.15) is 0 Å². The summed E-state index contributed by atoms with van der Waals surface area (Å²) in [5.74, 6) is 1.71. The molecule has 0 heteroatoms. The molecule has 1 saturated carbocycles. The molecule has 0 aromatic heterocycles. The van der Waals surface area contributed by atoms with Crippen molar-refractivity contribution in [3.8, 4) is 0 Å². The van der Waals surface area contributed by atoms with E-state index in [-0.39, 0.29) is 0 Å². The average Bonchev–Trinajstić information content (AvgIpc) is 2.70. The van der Waals surface area contributed by atoms with Crippen LogP contribution in [-0.2, 0) is 0 Å². The molecular formula is C22H32. The Morgan fingerprint density at radius 3 is 2.50 bits per heavy atom. The summed E-state index contributed by atoms with van der Waals surface area (Å²) in [6.07, 6.45) is 10.7. The van der Waals surface area contributed by atoms with E-state index in [0.29, 0.717) is 10.8 Å². The van der Waals surface area contributed by atoms with E-state index in [9.17, 15) is 0 Å². The van der Waals surface area contributed by atoms with Gasteiger partial charge in [-0.05, 0) is 92.1 Å². The molecule has 4 aliphatic rings. The first-order valence-corrected chi connectivity index (χ1v) is 9.46. The normalized spacial score (nSPS) is 44.8. The lowest BCUT2D eigenvalue weighted by atomic mass is 9.52. The van der Waals surface area contributed by atoms with Crippen molar-refractivity contribution in [3.63, 3.8) is 0 Å². The number of hydrogen-bond donors (Lipinski definition) is 0. The maximum absolute atomic E-state index is 4.30. The molecule has 22 heavy (non-hydrogen) atoms. The average molecular weight is 296 g/mol. The van der Waals surface area contributed by atoms with Crippen LogP contribution in [0.15, 0.2) is 34.4 Å². The maximum atomic E-state index is 4.30. The maximum Gasteiger partial charge on any atom is -0.00414 e. The van der Waals surface area contributed by atoms with Gasteiger partial charge in [0.25, 0.3) is 0 Å². The Hall–Kier alpha value is -0.780. The van der Waals surface area contributed by atoms with E-state index in [1.54, 1.807) is 5.57 Å². The first-order valence-electron chi connectivity index (χ1n) is 9.46. The molecule has 0 aromatic rings. The summed E-state index contributed by atoms with van der Waals surface area (Å²) in [5, 5.41) is 0. The van der Waals surface area contributed by atoms with Crippen molar-refractivity contribution in [2.24, 2.45) is 22.7 Å². The molecule has 0 aromatic carbocycles. The van der Waals surface area contributed by atoms with Gasteiger partial charge in [-0.3, -0.25) is 0 Å². The summed E-state index contributed by atoms with van der Waals surface area (Å²) >= 11 is 0. The van der Waals surface area contributed by atoms with Crippen molar-refractivity contribution in [2.75, 3.05) is 0 Å². The minimum absolute atomic E-state index is 0.477. The second-order valence-corrected chi connectivity index (χ2v) is 9.24. The monoisotopic (exact) mass is 296 g/mol. The van der Waals surface area contributed by atoms with E-state index >= 15 is 0 Å². The van der Waals surface area contributed by atoms with Gasteiger partial charge in [-0.25, -0.2) is 0 Å². The molecule has 0 radical (unpaired) electrons. The van der Waals surface area contributed by atoms with Crippen LogP contribution >= 0.6 is 0 Å². The molecule has 0 N–H and O–H groups in total. The number of allylic oxidation sites excluding steroid dienone is 5. The summed E-state index contributed by atoms with van der Waals surface area (Å²) in [7, 11) is 0. The fourth-order valence-electron chi connectivity index (χ4n) is 6.54. The third-order valence-electron chi connectivity index (χ3n) is 8.12. The predicted molar refractivity (Wildman–Crippen MR) is 94.7 cm³/mol. The molecule has 4 aliphatic carbocycles. The van der Waals surface area contributed by atoms with E-state index < -0.39 is 0 Å². The highest BCUT2D eigenvalue weighted by Crippen LogP contribution is 2.64. The topological polar surface area (TPSA) is 0 Å². The fraction of sp³-hybridized carbons (Fsp3) is 0.727. The summed E-state index contributed by atoms with van der Waals surface area (Å²) in [5.41, 5.74) is 9.69. The molecule has 0 amide bonds. The summed E-state index contributed by atoms with van der Waals surface area (Å²) < 4.78 is 0. The van der Waals surface area contributed by atoms with Crippen LogP contribution in [0.5, 0.6) is 0 Å². The van der Waals surface area contributed by atoms with Gasteiger partial charge in [0.15, 0.2) is 0 Å². The highest BCUT2D eigenvalue weighted by atomic mass is 14.6. The van der Waals surface area contributed by atoms with E-state index in [1.807, 2.05) is 16.7 Å². The zero-order chi connectivity index (χ0) is 15.7. The Morgan fingerprint density at radius 2 is 1.73 bits per heavy atom. The number of rotatable bonds is 0. The lowest BCUT2D eigenvalue weighted by molar-refractivity contribution is 0.140. The van der Waals surface area contributed by atoms with Gasteiger partial charge in [0, 0.05) is 0 Å². The Morgan fingerprint density at radius 1 is 1.00 bits per heavy atom. The molecule has 0 saturated heterocycles. The van der Waals surface area contributed by atoms with Crippen LogP contribution in [0.1, 0.15) is 79.1 Å². The van der Waals surface area contributed by atoms with E-state index in [2.05, 4.69) is 34.3 Å². The zero-order valence-corrected chi connectivity index (χ0v) is 15.0. The molecule has 0 heterocycles. The van der Waals surface area contributed by atoms with E-state index in [1.165, 1.54) is 56.9 Å². The van der Waals surface area contributed by atoms with Crippen molar-refractivity contribution < 1.29 is 0 Å². The Bertz CT molecular complexity index is 602. The van der Waals surface area contributed by atoms with Crippen LogP contribution in [0, 0.1) is 22.7 Å². The van der Waals surface area contributed by atoms with Gasteiger partial charge in [-0.1, -0.05) is 44.1 Å². The third-order valence-corrected chi connectivity index (χ3v) is 8.12. The van der Waals surface area contributed by atoms with Gasteiger partial charge in [0.05, 0.1) is 0 Å². The molecule has 4 rings (SSSR count). The van der Waals surface area contributed by atoms with Gasteiger partial charge < -0.3 is 0 Å². The molecular weight excluding hydrogens is 264 g/mol. The zero-order valence-electron chi connectivity index (χ0n) is 15.0. The second-order valence-electron chi connectivity index (χ2n) is 9.24. The van der Waals surface area contributed by atoms with Crippen LogP contribution in [-0.4, -0.2) is 0 Å². The molecule has 0 spiro atoms. The highest BCUT2D eigenvalue weighted by molar-refractivity contribution is 5.52. The lowest BCUT2D eigenvalue weighted by Gasteiger charge is -2.53. The largest absolute Gasteiger partial charge is 0.0999 e. The Balaban J connectivity index is 1.82. The van der Waals surface area contributed by atoms with Crippen molar-refractivity contribution in [1.82, 2.24) is 0 Å². The lowest BCUT2D eigenvalue weighted by Crippen LogP contribution is -2.41. The van der Waals surface area contributed by atoms with E-state index in [4.69, 9.17) is 0 Å². The molecule has 0 nitrogen and oxygen atoms in total. The summed E-state index contributed by atoms with van der Waals surface area (Å²) in [6, 6.07) is 0. The quantitative estimate of drug-likeness (QED) is 0.442. The third kappa shape index (κ3) is 1.76. The first kappa shape index (κ1) is 14.8. The molecule has 0 bridgehead atoms. The molecule has 4 atom stereocenters. The SMILES string of the molecule is C=C1CCC2(C)C3=C(CCC2C1)C1=C(C)CC(C)C1(C)CC3. The minimum Gasteiger partial charge on any atom is -0.0999 e. The molecule has 1 fully saturated rings. The van der Waals surface area contributed by atoms with Crippen LogP contribution in [0.2, 0.25) is 0 Å². The van der Waals surface area contributed by atoms with Crippen molar-refractivity contribution in [2.45, 2.75) is 79.1 Å². The number of hydrogen-bond acceptors (Lipinski definition) is 0. The smallest absolute Gasteiger partial charge is 0.00414 e. The van der Waals surface area contributed by atoms with Crippen molar-refractivity contribution in [1.29, 1.82) is 0 Å². The number of fused-ring (bicyclic) bond motifs is 4. The van der Waals surface area contributed by atoms with Gasteiger partial charge in [0.1, 0.15) is 0 Å². The summed E-state index contributed by atoms with van der Waals surface area (Å²) in [4.78, 5) is 0. The summed E-state index contributed by atoms with van der Waals surface area (Å²) in [6.45, 7) is 14.4. The van der Waals surface area contributed by atoms with Crippen LogP contribution < -0.4 is 0 Å². The Kier molecular flexibility index (Phi) is 3.10. The van der Waals surface area contributed by atoms with Crippen LogP contribution in [0.3, 0.4) is 0 Å². The second kappa shape index (κ2) is 4.62. The Labute approximate surface area is 136 Å². The minimum atomic E-state index is 0.477. The molecule has 120 valence electrons. The first-order chi connectivity index (χ1) is 10.4. The van der Waals surface area contributed by atoms with Gasteiger partial charge >= 0.3 is 0 Å². The fourth-order valence-corrected chi connectivity index (χ4v) is 6.54. The molecule has 4 unspecified atom stereocenters. The molecule has 0 aliphatic heterocycles. The predicted octanol–water partition coefficient (Wildman–Crippen LogP) is 6.60. The van der Waals surface area contributed by atoms with Gasteiger partial charge in [-0.15, -0.1) is 0 Å². The highest BCUT2D eigenvalue weighted by Gasteiger charge is 2.51. The van der Waals surface area contributed by atoms with E-state index in [0.717, 1.165) is 11.8 Å². The van der Waals surface area contributed by atoms with Gasteiger partial charge in [0.2, 0.25) is 0 Å². The van der Waals surface area contributed by atoms with Crippen molar-refractivity contribution in [3.05, 3.63) is 34.4 Å².